The zero-order chi connectivity index (χ0) is 12.6. The predicted molar refractivity (Wildman–Crippen MR) is 51.1 cm³/mol. The predicted octanol–water partition coefficient (Wildman–Crippen LogP) is 1.10. The van der Waals surface area contributed by atoms with Crippen LogP contribution >= 0.6 is 0 Å². The highest BCUT2D eigenvalue weighted by Crippen LogP contribution is 2.16. The number of rotatable bonds is 8. The van der Waals surface area contributed by atoms with Crippen molar-refractivity contribution >= 4 is 5.97 Å². The van der Waals surface area contributed by atoms with Crippen LogP contribution in [-0.2, 0) is 4.79 Å². The van der Waals surface area contributed by atoms with Crippen LogP contribution in [0.15, 0.2) is 0 Å². The molecule has 0 aliphatic heterocycles. The highest BCUT2D eigenvalue weighted by Gasteiger charge is 2.30. The summed E-state index contributed by atoms with van der Waals surface area (Å²) in [6, 6.07) is 0. The summed E-state index contributed by atoms with van der Waals surface area (Å²) in [4.78, 5) is 11.2. The van der Waals surface area contributed by atoms with Gasteiger partial charge >= 0.3 is 12.1 Å². The van der Waals surface area contributed by atoms with Crippen molar-refractivity contribution in [3.63, 3.8) is 0 Å². The van der Waals surface area contributed by atoms with Gasteiger partial charge in [-0.25, -0.2) is 0 Å². The number of aliphatic hydroxyl groups excluding tert-OH is 1. The lowest BCUT2D eigenvalue weighted by molar-refractivity contribution is -0.147. The van der Waals surface area contributed by atoms with Crippen LogP contribution in [0.5, 0.6) is 0 Å². The van der Waals surface area contributed by atoms with E-state index in [-0.39, 0.29) is 26.1 Å². The quantitative estimate of drug-likeness (QED) is 0.627. The molecular formula is C9H16F3NO3. The Labute approximate surface area is 91.7 Å². The monoisotopic (exact) mass is 243 g/mol. The second kappa shape index (κ2) is 7.45. The summed E-state index contributed by atoms with van der Waals surface area (Å²) >= 11 is 0. The number of nitrogens with zero attached hydrogens (tertiary/aromatic N) is 1. The van der Waals surface area contributed by atoms with Crippen molar-refractivity contribution in [1.82, 2.24) is 4.90 Å². The Morgan fingerprint density at radius 1 is 1.19 bits per heavy atom. The molecule has 0 atom stereocenters. The van der Waals surface area contributed by atoms with E-state index >= 15 is 0 Å². The molecule has 0 heterocycles. The van der Waals surface area contributed by atoms with Gasteiger partial charge in [-0.05, 0) is 19.4 Å². The SMILES string of the molecule is O=C(O)CCCCN(CCO)CC(F)(F)F. The van der Waals surface area contributed by atoms with E-state index in [9.17, 15) is 18.0 Å². The van der Waals surface area contributed by atoms with E-state index in [0.717, 1.165) is 4.90 Å². The smallest absolute Gasteiger partial charge is 0.401 e. The van der Waals surface area contributed by atoms with Crippen molar-refractivity contribution in [2.24, 2.45) is 0 Å². The van der Waals surface area contributed by atoms with Gasteiger partial charge in [-0.3, -0.25) is 9.69 Å². The van der Waals surface area contributed by atoms with Crippen molar-refractivity contribution in [2.45, 2.75) is 25.4 Å². The fourth-order valence-corrected chi connectivity index (χ4v) is 1.28. The van der Waals surface area contributed by atoms with Crippen molar-refractivity contribution in [2.75, 3.05) is 26.2 Å². The first-order chi connectivity index (χ1) is 7.35. The lowest BCUT2D eigenvalue weighted by Gasteiger charge is -2.22. The summed E-state index contributed by atoms with van der Waals surface area (Å²) in [5.41, 5.74) is 0. The summed E-state index contributed by atoms with van der Waals surface area (Å²) in [7, 11) is 0. The molecule has 96 valence electrons. The van der Waals surface area contributed by atoms with Gasteiger partial charge in [-0.1, -0.05) is 0 Å². The third-order valence-electron chi connectivity index (χ3n) is 1.93. The minimum Gasteiger partial charge on any atom is -0.481 e. The number of aliphatic carboxylic acids is 1. The Morgan fingerprint density at radius 3 is 2.25 bits per heavy atom. The molecule has 0 rings (SSSR count). The van der Waals surface area contributed by atoms with Gasteiger partial charge in [0.1, 0.15) is 0 Å². The molecule has 0 aromatic carbocycles. The summed E-state index contributed by atoms with van der Waals surface area (Å²) < 4.78 is 36.1. The normalized spacial score (nSPS) is 12.1. The minimum absolute atomic E-state index is 0.0427. The number of carbonyl (C=O) groups is 1. The third kappa shape index (κ3) is 9.72. The molecule has 0 aliphatic rings. The molecule has 0 bridgehead atoms. The van der Waals surface area contributed by atoms with Crippen LogP contribution < -0.4 is 0 Å². The number of carboxylic acid groups (broad SMARTS) is 1. The van der Waals surface area contributed by atoms with E-state index in [2.05, 4.69) is 0 Å². The Balaban J connectivity index is 3.80. The van der Waals surface area contributed by atoms with Crippen LogP contribution in [0.2, 0.25) is 0 Å². The molecule has 0 saturated heterocycles. The van der Waals surface area contributed by atoms with Crippen LogP contribution in [0.3, 0.4) is 0 Å². The van der Waals surface area contributed by atoms with Gasteiger partial charge in [-0.2, -0.15) is 13.2 Å². The van der Waals surface area contributed by atoms with E-state index in [4.69, 9.17) is 10.2 Å². The lowest BCUT2D eigenvalue weighted by atomic mass is 10.2. The van der Waals surface area contributed by atoms with Crippen molar-refractivity contribution in [3.8, 4) is 0 Å². The topological polar surface area (TPSA) is 60.8 Å². The molecule has 0 spiro atoms. The maximum absolute atomic E-state index is 12.0. The highest BCUT2D eigenvalue weighted by molar-refractivity contribution is 5.66. The van der Waals surface area contributed by atoms with Gasteiger partial charge in [0.25, 0.3) is 0 Å². The Morgan fingerprint density at radius 2 is 1.81 bits per heavy atom. The first-order valence-corrected chi connectivity index (χ1v) is 4.97. The van der Waals surface area contributed by atoms with E-state index in [1.807, 2.05) is 0 Å². The summed E-state index contributed by atoms with van der Waals surface area (Å²) in [6.07, 6.45) is -3.61. The molecule has 16 heavy (non-hydrogen) atoms. The number of carboxylic acids is 1. The molecule has 0 fully saturated rings. The molecule has 0 amide bonds. The molecule has 4 nitrogen and oxygen atoms in total. The summed E-state index contributed by atoms with van der Waals surface area (Å²) in [5, 5.41) is 16.9. The van der Waals surface area contributed by atoms with Crippen molar-refractivity contribution in [3.05, 3.63) is 0 Å². The van der Waals surface area contributed by atoms with Gasteiger partial charge in [0.05, 0.1) is 13.2 Å². The summed E-state index contributed by atoms with van der Waals surface area (Å²) in [6.45, 7) is -1.31. The standard InChI is InChI=1S/C9H16F3NO3/c10-9(11,12)7-13(5-6-14)4-2-1-3-8(15)16/h14H,1-7H2,(H,15,16). The first-order valence-electron chi connectivity index (χ1n) is 4.97. The van der Waals surface area contributed by atoms with Crippen LogP contribution in [0.1, 0.15) is 19.3 Å². The second-order valence-corrected chi connectivity index (χ2v) is 3.47. The molecule has 0 radical (unpaired) electrons. The molecule has 0 unspecified atom stereocenters. The Bertz CT molecular complexity index is 209. The van der Waals surface area contributed by atoms with Gasteiger partial charge in [0.15, 0.2) is 0 Å². The minimum atomic E-state index is -4.29. The lowest BCUT2D eigenvalue weighted by Crippen LogP contribution is -2.36. The second-order valence-electron chi connectivity index (χ2n) is 3.47. The van der Waals surface area contributed by atoms with Gasteiger partial charge < -0.3 is 10.2 Å². The molecule has 0 aliphatic carbocycles. The van der Waals surface area contributed by atoms with Crippen LogP contribution in [0, 0.1) is 0 Å². The van der Waals surface area contributed by atoms with Crippen LogP contribution in [0.4, 0.5) is 13.2 Å². The zero-order valence-corrected chi connectivity index (χ0v) is 8.83. The maximum atomic E-state index is 12.0. The number of hydrogen-bond donors (Lipinski definition) is 2. The molecule has 2 N–H and O–H groups in total. The van der Waals surface area contributed by atoms with Crippen molar-refractivity contribution < 1.29 is 28.2 Å². The summed E-state index contributed by atoms with van der Waals surface area (Å²) in [5.74, 6) is -0.954. The molecule has 0 saturated carbocycles. The maximum Gasteiger partial charge on any atom is 0.401 e. The van der Waals surface area contributed by atoms with Crippen LogP contribution in [0.25, 0.3) is 0 Å². The van der Waals surface area contributed by atoms with Gasteiger partial charge in [0.2, 0.25) is 0 Å². The molecule has 0 aromatic rings. The van der Waals surface area contributed by atoms with E-state index in [0.29, 0.717) is 12.8 Å². The average Bonchev–Trinajstić information content (AvgIpc) is 2.09. The van der Waals surface area contributed by atoms with E-state index in [1.54, 1.807) is 0 Å². The van der Waals surface area contributed by atoms with E-state index < -0.39 is 18.7 Å². The fraction of sp³-hybridized carbons (Fsp3) is 0.889. The number of hydrogen-bond acceptors (Lipinski definition) is 3. The van der Waals surface area contributed by atoms with Crippen LogP contribution in [-0.4, -0.2) is 53.5 Å². The zero-order valence-electron chi connectivity index (χ0n) is 8.83. The Kier molecular flexibility index (Phi) is 7.07. The average molecular weight is 243 g/mol. The number of aliphatic hydroxyl groups is 1. The fourth-order valence-electron chi connectivity index (χ4n) is 1.28. The van der Waals surface area contributed by atoms with Crippen molar-refractivity contribution in [1.29, 1.82) is 0 Å². The number of unbranched alkanes of at least 4 members (excludes halogenated alkanes) is 1. The number of halogens is 3. The largest absolute Gasteiger partial charge is 0.481 e. The molecule has 7 heteroatoms. The van der Waals surface area contributed by atoms with E-state index in [1.165, 1.54) is 0 Å². The van der Waals surface area contributed by atoms with Gasteiger partial charge in [0, 0.05) is 13.0 Å². The molecule has 0 aromatic heterocycles. The third-order valence-corrected chi connectivity index (χ3v) is 1.93. The highest BCUT2D eigenvalue weighted by atomic mass is 19.4. The van der Waals surface area contributed by atoms with Gasteiger partial charge in [-0.15, -0.1) is 0 Å². The Hall–Kier alpha value is -0.820. The number of alkyl halides is 3. The molecular weight excluding hydrogens is 227 g/mol. The first kappa shape index (κ1) is 15.2.